The molecule has 2 atom stereocenters. The van der Waals surface area contributed by atoms with Crippen molar-refractivity contribution in [1.82, 2.24) is 15.5 Å². The Kier molecular flexibility index (Phi) is 7.51. The van der Waals surface area contributed by atoms with Gasteiger partial charge in [0.15, 0.2) is 0 Å². The lowest BCUT2D eigenvalue weighted by Crippen LogP contribution is -2.61. The van der Waals surface area contributed by atoms with Crippen LogP contribution in [0.15, 0.2) is 59.5 Å². The molecule has 176 valence electrons. The van der Waals surface area contributed by atoms with Crippen molar-refractivity contribution >= 4 is 28.1 Å². The summed E-state index contributed by atoms with van der Waals surface area (Å²) in [5.41, 5.74) is 0.960. The second kappa shape index (κ2) is 10.3. The number of piperidine rings is 1. The molecule has 0 bridgehead atoms. The van der Waals surface area contributed by atoms with E-state index in [1.807, 2.05) is 30.3 Å². The average Bonchev–Trinajstić information content (AvgIpc) is 2.79. The molecule has 12 heteroatoms. The van der Waals surface area contributed by atoms with Gasteiger partial charge in [-0.2, -0.15) is 0 Å². The normalized spacial score (nSPS) is 18.3. The van der Waals surface area contributed by atoms with E-state index in [2.05, 4.69) is 10.6 Å². The van der Waals surface area contributed by atoms with E-state index in [0.29, 0.717) is 0 Å². The fourth-order valence-corrected chi connectivity index (χ4v) is 3.92. The number of rotatable bonds is 6. The summed E-state index contributed by atoms with van der Waals surface area (Å²) < 4.78 is 28.0. The maximum absolute atomic E-state index is 12.7. The molecule has 2 aromatic carbocycles. The van der Waals surface area contributed by atoms with Gasteiger partial charge in [-0.1, -0.05) is 30.3 Å². The molecule has 1 saturated heterocycles. The van der Waals surface area contributed by atoms with Gasteiger partial charge in [-0.25, -0.2) is 23.1 Å². The van der Waals surface area contributed by atoms with Crippen LogP contribution in [-0.2, 0) is 21.4 Å². The summed E-state index contributed by atoms with van der Waals surface area (Å²) in [4.78, 5) is 37.4. The Morgan fingerprint density at radius 3 is 2.30 bits per heavy atom. The van der Waals surface area contributed by atoms with Crippen LogP contribution < -0.4 is 15.8 Å². The summed E-state index contributed by atoms with van der Waals surface area (Å²) in [6.07, 6.45) is -1.57. The number of carbonyl (C=O) groups is 3. The highest BCUT2D eigenvalue weighted by molar-refractivity contribution is 7.89. The Morgan fingerprint density at radius 2 is 1.70 bits per heavy atom. The Morgan fingerprint density at radius 1 is 1.03 bits per heavy atom. The molecule has 11 nitrogen and oxygen atoms in total. The molecule has 1 aliphatic rings. The Bertz CT molecular complexity index is 1110. The van der Waals surface area contributed by atoms with Crippen molar-refractivity contribution in [2.24, 2.45) is 5.14 Å². The molecule has 0 spiro atoms. The first-order valence-corrected chi connectivity index (χ1v) is 11.6. The smallest absolute Gasteiger partial charge is 0.407 e. The highest BCUT2D eigenvalue weighted by Crippen LogP contribution is 2.14. The maximum Gasteiger partial charge on any atom is 0.407 e. The van der Waals surface area contributed by atoms with E-state index in [1.54, 1.807) is 0 Å². The summed E-state index contributed by atoms with van der Waals surface area (Å²) in [7, 11) is -3.90. The van der Waals surface area contributed by atoms with Gasteiger partial charge in [0.2, 0.25) is 10.0 Å². The first kappa shape index (κ1) is 24.0. The van der Waals surface area contributed by atoms with E-state index < -0.39 is 40.2 Å². The number of alkyl carbamates (subject to hydrolysis) is 1. The molecular formula is C21H24N4O7S. The van der Waals surface area contributed by atoms with Gasteiger partial charge in [0.1, 0.15) is 6.61 Å². The Labute approximate surface area is 190 Å². The molecular weight excluding hydrogens is 452 g/mol. The first-order valence-electron chi connectivity index (χ1n) is 10.0. The minimum absolute atomic E-state index is 0.0417. The molecule has 2 aromatic rings. The van der Waals surface area contributed by atoms with Gasteiger partial charge < -0.3 is 25.4 Å². The van der Waals surface area contributed by atoms with Crippen molar-refractivity contribution in [2.45, 2.75) is 30.0 Å². The summed E-state index contributed by atoms with van der Waals surface area (Å²) in [5.74, 6) is -0.558. The van der Waals surface area contributed by atoms with Crippen molar-refractivity contribution in [1.29, 1.82) is 0 Å². The number of likely N-dealkylation sites (tertiary alicyclic amines) is 1. The van der Waals surface area contributed by atoms with E-state index in [0.717, 1.165) is 10.5 Å². The lowest BCUT2D eigenvalue weighted by Gasteiger charge is -2.37. The van der Waals surface area contributed by atoms with Crippen LogP contribution in [0.3, 0.4) is 0 Å². The number of sulfonamides is 1. The number of ether oxygens (including phenoxy) is 1. The molecule has 0 saturated carbocycles. The molecule has 1 aliphatic heterocycles. The highest BCUT2D eigenvalue weighted by Gasteiger charge is 2.34. The van der Waals surface area contributed by atoms with Crippen molar-refractivity contribution in [3.63, 3.8) is 0 Å². The molecule has 3 rings (SSSR count). The number of carboxylic acid groups (broad SMARTS) is 1. The predicted molar refractivity (Wildman–Crippen MR) is 117 cm³/mol. The third-order valence-electron chi connectivity index (χ3n) is 5.16. The van der Waals surface area contributed by atoms with Crippen molar-refractivity contribution < 1.29 is 32.6 Å². The molecule has 2 unspecified atom stereocenters. The van der Waals surface area contributed by atoms with E-state index in [9.17, 15) is 27.9 Å². The third kappa shape index (κ3) is 6.67. The Balaban J connectivity index is 1.66. The molecule has 1 heterocycles. The maximum atomic E-state index is 12.7. The quantitative estimate of drug-likeness (QED) is 0.484. The molecule has 0 radical (unpaired) electrons. The Hall–Kier alpha value is -3.64. The largest absolute Gasteiger partial charge is 0.465 e. The number of hydrogen-bond donors (Lipinski definition) is 4. The lowest BCUT2D eigenvalue weighted by molar-refractivity contribution is 0.0829. The van der Waals surface area contributed by atoms with Crippen LogP contribution in [0.25, 0.3) is 0 Å². The van der Waals surface area contributed by atoms with E-state index in [-0.39, 0.29) is 36.6 Å². The molecule has 3 amide bonds. The van der Waals surface area contributed by atoms with Crippen LogP contribution in [0.4, 0.5) is 9.59 Å². The topological polar surface area (TPSA) is 168 Å². The molecule has 0 aliphatic carbocycles. The number of carbonyl (C=O) groups excluding carboxylic acids is 2. The highest BCUT2D eigenvalue weighted by atomic mass is 32.2. The first-order chi connectivity index (χ1) is 15.6. The van der Waals surface area contributed by atoms with Gasteiger partial charge in [0.25, 0.3) is 5.91 Å². The molecule has 33 heavy (non-hydrogen) atoms. The summed E-state index contributed by atoms with van der Waals surface area (Å²) in [6, 6.07) is 12.8. The van der Waals surface area contributed by atoms with Crippen molar-refractivity contribution in [3.8, 4) is 0 Å². The lowest BCUT2D eigenvalue weighted by atomic mass is 9.99. The average molecular weight is 477 g/mol. The van der Waals surface area contributed by atoms with Gasteiger partial charge in [0.05, 0.1) is 17.0 Å². The number of nitrogens with two attached hydrogens (primary N) is 1. The van der Waals surface area contributed by atoms with Crippen LogP contribution in [0, 0.1) is 0 Å². The van der Waals surface area contributed by atoms with Gasteiger partial charge in [0, 0.05) is 18.7 Å². The fraction of sp³-hybridized carbons (Fsp3) is 0.286. The van der Waals surface area contributed by atoms with Crippen LogP contribution >= 0.6 is 0 Å². The van der Waals surface area contributed by atoms with Crippen LogP contribution in [0.2, 0.25) is 0 Å². The zero-order valence-electron chi connectivity index (χ0n) is 17.5. The van der Waals surface area contributed by atoms with Crippen molar-refractivity contribution in [3.05, 3.63) is 65.7 Å². The number of nitrogens with one attached hydrogen (secondary N) is 2. The predicted octanol–water partition coefficient (Wildman–Crippen LogP) is 1.11. The fourth-order valence-electron chi connectivity index (χ4n) is 3.41. The van der Waals surface area contributed by atoms with Crippen LogP contribution in [0.5, 0.6) is 0 Å². The molecule has 1 fully saturated rings. The van der Waals surface area contributed by atoms with Gasteiger partial charge in [-0.05, 0) is 36.2 Å². The third-order valence-corrected chi connectivity index (χ3v) is 6.09. The minimum Gasteiger partial charge on any atom is -0.465 e. The number of amides is 3. The molecule has 0 aromatic heterocycles. The summed E-state index contributed by atoms with van der Waals surface area (Å²) >= 11 is 0. The number of nitrogens with zero attached hydrogens (tertiary/aromatic N) is 1. The minimum atomic E-state index is -3.90. The monoisotopic (exact) mass is 476 g/mol. The summed E-state index contributed by atoms with van der Waals surface area (Å²) in [5, 5.41) is 19.8. The zero-order chi connectivity index (χ0) is 24.0. The van der Waals surface area contributed by atoms with Crippen LogP contribution in [-0.4, -0.2) is 61.7 Å². The van der Waals surface area contributed by atoms with Gasteiger partial charge in [-0.3, -0.25) is 4.79 Å². The van der Waals surface area contributed by atoms with Gasteiger partial charge >= 0.3 is 12.2 Å². The number of benzene rings is 2. The number of hydrogen-bond acceptors (Lipinski definition) is 6. The van der Waals surface area contributed by atoms with Crippen molar-refractivity contribution in [2.75, 3.05) is 13.1 Å². The van der Waals surface area contributed by atoms with E-state index >= 15 is 0 Å². The zero-order valence-corrected chi connectivity index (χ0v) is 18.3. The van der Waals surface area contributed by atoms with Gasteiger partial charge in [-0.15, -0.1) is 0 Å². The van der Waals surface area contributed by atoms with Crippen LogP contribution in [0.1, 0.15) is 22.3 Å². The second-order valence-corrected chi connectivity index (χ2v) is 9.04. The second-order valence-electron chi connectivity index (χ2n) is 7.48. The molecule has 5 N–H and O–H groups in total. The summed E-state index contributed by atoms with van der Waals surface area (Å²) in [6.45, 7) is 0.197. The SMILES string of the molecule is NS(=O)(=O)c1ccc(C(=O)NC2CN(C(=O)O)CCC2NC(=O)OCc2ccccc2)cc1. The van der Waals surface area contributed by atoms with E-state index in [1.165, 1.54) is 24.3 Å². The number of primary sulfonamides is 1. The standard InChI is InChI=1S/C21H24N4O7S/c22-33(30,31)16-8-6-15(7-9-16)19(26)23-18-12-25(21(28)29)11-10-17(18)24-20(27)32-13-14-4-2-1-3-5-14/h1-9,17-18H,10-13H2,(H,23,26)(H,24,27)(H,28,29)(H2,22,30,31). The van der Waals surface area contributed by atoms with E-state index in [4.69, 9.17) is 9.88 Å².